The SMILES string of the molecule is CN(Cc1ncccn1)C1CCN(C(=O)CCc2ccoc2)C1. The van der Waals surface area contributed by atoms with Crippen molar-refractivity contribution >= 4 is 5.91 Å². The van der Waals surface area contributed by atoms with Crippen molar-refractivity contribution in [2.24, 2.45) is 0 Å². The number of hydrogen-bond donors (Lipinski definition) is 0. The molecule has 6 nitrogen and oxygen atoms in total. The molecule has 1 aliphatic rings. The van der Waals surface area contributed by atoms with Gasteiger partial charge in [0.05, 0.1) is 19.1 Å². The molecule has 1 atom stereocenters. The molecular formula is C17H22N4O2. The highest BCUT2D eigenvalue weighted by molar-refractivity contribution is 5.76. The van der Waals surface area contributed by atoms with Gasteiger partial charge in [-0.05, 0) is 37.6 Å². The van der Waals surface area contributed by atoms with Crippen molar-refractivity contribution in [1.29, 1.82) is 0 Å². The predicted octanol–water partition coefficient (Wildman–Crippen LogP) is 1.74. The summed E-state index contributed by atoms with van der Waals surface area (Å²) >= 11 is 0. The third-order valence-electron chi connectivity index (χ3n) is 4.36. The summed E-state index contributed by atoms with van der Waals surface area (Å²) in [5.41, 5.74) is 1.08. The largest absolute Gasteiger partial charge is 0.472 e. The van der Waals surface area contributed by atoms with Gasteiger partial charge in [-0.2, -0.15) is 0 Å². The fourth-order valence-corrected chi connectivity index (χ4v) is 2.94. The van der Waals surface area contributed by atoms with E-state index >= 15 is 0 Å². The third-order valence-corrected chi connectivity index (χ3v) is 4.36. The van der Waals surface area contributed by atoms with Gasteiger partial charge >= 0.3 is 0 Å². The first-order valence-corrected chi connectivity index (χ1v) is 7.97. The highest BCUT2D eigenvalue weighted by atomic mass is 16.3. The molecule has 1 fully saturated rings. The van der Waals surface area contributed by atoms with Gasteiger partial charge in [0.25, 0.3) is 0 Å². The van der Waals surface area contributed by atoms with Crippen LogP contribution in [0.3, 0.4) is 0 Å². The molecule has 0 N–H and O–H groups in total. The molecule has 3 rings (SSSR count). The van der Waals surface area contributed by atoms with Gasteiger partial charge < -0.3 is 9.32 Å². The molecule has 1 unspecified atom stereocenters. The highest BCUT2D eigenvalue weighted by Crippen LogP contribution is 2.17. The van der Waals surface area contributed by atoms with Crippen LogP contribution < -0.4 is 0 Å². The molecule has 23 heavy (non-hydrogen) atoms. The molecule has 1 aliphatic heterocycles. The van der Waals surface area contributed by atoms with Crippen LogP contribution in [0.4, 0.5) is 0 Å². The molecule has 2 aromatic heterocycles. The maximum Gasteiger partial charge on any atom is 0.222 e. The van der Waals surface area contributed by atoms with E-state index < -0.39 is 0 Å². The van der Waals surface area contributed by atoms with Crippen LogP contribution in [0.5, 0.6) is 0 Å². The number of carbonyl (C=O) groups excluding carboxylic acids is 1. The Morgan fingerprint density at radius 3 is 3.00 bits per heavy atom. The van der Waals surface area contributed by atoms with E-state index in [1.165, 1.54) is 0 Å². The average molecular weight is 314 g/mol. The topological polar surface area (TPSA) is 62.5 Å². The fourth-order valence-electron chi connectivity index (χ4n) is 2.94. The van der Waals surface area contributed by atoms with E-state index in [2.05, 4.69) is 21.9 Å². The summed E-state index contributed by atoms with van der Waals surface area (Å²) < 4.78 is 5.03. The second-order valence-electron chi connectivity index (χ2n) is 5.99. The first kappa shape index (κ1) is 15.7. The summed E-state index contributed by atoms with van der Waals surface area (Å²) in [6, 6.07) is 4.10. The van der Waals surface area contributed by atoms with Crippen LogP contribution in [0.15, 0.2) is 41.5 Å². The predicted molar refractivity (Wildman–Crippen MR) is 85.5 cm³/mol. The Balaban J connectivity index is 1.46. The molecule has 0 saturated carbocycles. The third kappa shape index (κ3) is 4.16. The van der Waals surface area contributed by atoms with E-state index in [4.69, 9.17) is 4.42 Å². The molecule has 0 spiro atoms. The number of aryl methyl sites for hydroxylation is 1. The Morgan fingerprint density at radius 2 is 2.26 bits per heavy atom. The zero-order valence-corrected chi connectivity index (χ0v) is 13.4. The monoisotopic (exact) mass is 314 g/mol. The van der Waals surface area contributed by atoms with Gasteiger partial charge in [0.15, 0.2) is 0 Å². The van der Waals surface area contributed by atoms with Crippen LogP contribution in [0.2, 0.25) is 0 Å². The second kappa shape index (κ2) is 7.37. The van der Waals surface area contributed by atoms with Gasteiger partial charge in [-0.25, -0.2) is 9.97 Å². The maximum atomic E-state index is 12.3. The average Bonchev–Trinajstić information content (AvgIpc) is 3.25. The molecule has 0 radical (unpaired) electrons. The van der Waals surface area contributed by atoms with E-state index in [0.29, 0.717) is 19.0 Å². The number of aromatic nitrogens is 2. The number of likely N-dealkylation sites (tertiary alicyclic amines) is 1. The Morgan fingerprint density at radius 1 is 1.43 bits per heavy atom. The smallest absolute Gasteiger partial charge is 0.222 e. The van der Waals surface area contributed by atoms with Crippen LogP contribution in [0.1, 0.15) is 24.2 Å². The number of hydrogen-bond acceptors (Lipinski definition) is 5. The van der Waals surface area contributed by atoms with E-state index in [1.807, 2.05) is 17.0 Å². The van der Waals surface area contributed by atoms with Gasteiger partial charge in [0, 0.05) is 37.9 Å². The van der Waals surface area contributed by atoms with E-state index in [-0.39, 0.29) is 5.91 Å². The summed E-state index contributed by atoms with van der Waals surface area (Å²) in [4.78, 5) is 25.0. The Kier molecular flexibility index (Phi) is 5.02. The first-order valence-electron chi connectivity index (χ1n) is 7.97. The zero-order chi connectivity index (χ0) is 16.1. The molecule has 0 aromatic carbocycles. The van der Waals surface area contributed by atoms with Gasteiger partial charge in [0.1, 0.15) is 5.82 Å². The quantitative estimate of drug-likeness (QED) is 0.812. The first-order chi connectivity index (χ1) is 11.2. The number of nitrogens with zero attached hydrogens (tertiary/aromatic N) is 4. The lowest BCUT2D eigenvalue weighted by Crippen LogP contribution is -2.36. The standard InChI is InChI=1S/C17H22N4O2/c1-20(12-16-18-7-2-8-19-16)15-5-9-21(11-15)17(22)4-3-14-6-10-23-13-14/h2,6-8,10,13,15H,3-5,9,11-12H2,1H3. The van der Waals surface area contributed by atoms with Crippen LogP contribution in [-0.2, 0) is 17.8 Å². The minimum Gasteiger partial charge on any atom is -0.472 e. The summed E-state index contributed by atoms with van der Waals surface area (Å²) in [7, 11) is 2.07. The summed E-state index contributed by atoms with van der Waals surface area (Å²) in [6.45, 7) is 2.32. The molecule has 0 bridgehead atoms. The lowest BCUT2D eigenvalue weighted by molar-refractivity contribution is -0.130. The Bertz CT molecular complexity index is 615. The van der Waals surface area contributed by atoms with Gasteiger partial charge in [-0.1, -0.05) is 0 Å². The second-order valence-corrected chi connectivity index (χ2v) is 5.99. The molecule has 2 aromatic rings. The van der Waals surface area contributed by atoms with Crippen LogP contribution >= 0.6 is 0 Å². The minimum absolute atomic E-state index is 0.220. The van der Waals surface area contributed by atoms with E-state index in [0.717, 1.165) is 37.3 Å². The number of likely N-dealkylation sites (N-methyl/N-ethyl adjacent to an activating group) is 1. The van der Waals surface area contributed by atoms with Crippen molar-refractivity contribution in [3.8, 4) is 0 Å². The zero-order valence-electron chi connectivity index (χ0n) is 13.4. The van der Waals surface area contributed by atoms with Gasteiger partial charge in [-0.3, -0.25) is 9.69 Å². The van der Waals surface area contributed by atoms with Crippen molar-refractivity contribution < 1.29 is 9.21 Å². The highest BCUT2D eigenvalue weighted by Gasteiger charge is 2.28. The number of rotatable bonds is 6. The van der Waals surface area contributed by atoms with E-state index in [1.54, 1.807) is 24.9 Å². The normalized spacial score (nSPS) is 17.8. The lowest BCUT2D eigenvalue weighted by atomic mass is 10.2. The molecule has 1 amide bonds. The molecule has 0 aliphatic carbocycles. The number of carbonyl (C=O) groups is 1. The van der Waals surface area contributed by atoms with Crippen LogP contribution in [-0.4, -0.2) is 51.9 Å². The number of amides is 1. The van der Waals surface area contributed by atoms with Gasteiger partial charge in [-0.15, -0.1) is 0 Å². The van der Waals surface area contributed by atoms with Crippen molar-refractivity contribution in [3.63, 3.8) is 0 Å². The summed E-state index contributed by atoms with van der Waals surface area (Å²) in [5.74, 6) is 1.04. The van der Waals surface area contributed by atoms with Gasteiger partial charge in [0.2, 0.25) is 5.91 Å². The molecule has 1 saturated heterocycles. The summed E-state index contributed by atoms with van der Waals surface area (Å²) in [6.07, 6.45) is 9.15. The molecule has 3 heterocycles. The lowest BCUT2D eigenvalue weighted by Gasteiger charge is -2.24. The van der Waals surface area contributed by atoms with Crippen LogP contribution in [0, 0.1) is 0 Å². The minimum atomic E-state index is 0.220. The molecule has 122 valence electrons. The maximum absolute atomic E-state index is 12.3. The fraction of sp³-hybridized carbons (Fsp3) is 0.471. The summed E-state index contributed by atoms with van der Waals surface area (Å²) in [5, 5.41) is 0. The van der Waals surface area contributed by atoms with Crippen molar-refractivity contribution in [2.45, 2.75) is 31.8 Å². The van der Waals surface area contributed by atoms with Crippen molar-refractivity contribution in [2.75, 3.05) is 20.1 Å². The number of furan rings is 1. The van der Waals surface area contributed by atoms with Crippen molar-refractivity contribution in [3.05, 3.63) is 48.4 Å². The van der Waals surface area contributed by atoms with Crippen LogP contribution in [0.25, 0.3) is 0 Å². The Labute approximate surface area is 136 Å². The van der Waals surface area contributed by atoms with Crippen molar-refractivity contribution in [1.82, 2.24) is 19.8 Å². The van der Waals surface area contributed by atoms with E-state index in [9.17, 15) is 4.79 Å². The molecular weight excluding hydrogens is 292 g/mol. The molecule has 6 heteroatoms. The Hall–Kier alpha value is -2.21.